The molecule has 0 N–H and O–H groups in total. The van der Waals surface area contributed by atoms with Gasteiger partial charge in [-0.1, -0.05) is 35.6 Å². The lowest BCUT2D eigenvalue weighted by molar-refractivity contribution is -0.139. The topological polar surface area (TPSA) is 82.8 Å². The van der Waals surface area contributed by atoms with E-state index in [2.05, 4.69) is 9.98 Å². The number of hydrogen-bond acceptors (Lipinski definition) is 7. The number of allylic oxidation sites excluding steroid dienone is 1. The SMILES string of the molecule is CCOC(=O)C1=C(C)N=c2s/c(=C\c3cccnc3)c(=O)n2C1c1ccccc1OC. The van der Waals surface area contributed by atoms with Crippen LogP contribution in [0.25, 0.3) is 6.08 Å². The van der Waals surface area contributed by atoms with Crippen molar-refractivity contribution in [3.63, 3.8) is 0 Å². The normalized spacial score (nSPS) is 16.0. The Hall–Kier alpha value is -3.52. The zero-order valence-electron chi connectivity index (χ0n) is 17.4. The number of rotatable bonds is 5. The quantitative estimate of drug-likeness (QED) is 0.574. The summed E-state index contributed by atoms with van der Waals surface area (Å²) in [5.41, 5.74) is 2.10. The third kappa shape index (κ3) is 3.82. The molecule has 1 aliphatic rings. The highest BCUT2D eigenvalue weighted by molar-refractivity contribution is 7.07. The molecule has 0 saturated carbocycles. The summed E-state index contributed by atoms with van der Waals surface area (Å²) in [5.74, 6) is 0.0760. The van der Waals surface area contributed by atoms with Crippen LogP contribution in [0.3, 0.4) is 0 Å². The number of para-hydroxylation sites is 1. The molecule has 0 radical (unpaired) electrons. The van der Waals surface area contributed by atoms with Crippen molar-refractivity contribution in [1.82, 2.24) is 9.55 Å². The molecule has 3 heterocycles. The van der Waals surface area contributed by atoms with Crippen LogP contribution in [-0.2, 0) is 9.53 Å². The Balaban J connectivity index is 2.00. The lowest BCUT2D eigenvalue weighted by atomic mass is 9.95. The predicted molar refractivity (Wildman–Crippen MR) is 118 cm³/mol. The monoisotopic (exact) mass is 435 g/mol. The van der Waals surface area contributed by atoms with Crippen molar-refractivity contribution in [2.24, 2.45) is 4.99 Å². The molecule has 1 atom stereocenters. The van der Waals surface area contributed by atoms with Gasteiger partial charge in [-0.3, -0.25) is 14.3 Å². The van der Waals surface area contributed by atoms with E-state index in [9.17, 15) is 9.59 Å². The van der Waals surface area contributed by atoms with Gasteiger partial charge in [0.05, 0.1) is 29.5 Å². The number of thiazole rings is 1. The first-order valence-corrected chi connectivity index (χ1v) is 10.6. The van der Waals surface area contributed by atoms with Crippen LogP contribution >= 0.6 is 11.3 Å². The van der Waals surface area contributed by atoms with E-state index in [1.54, 1.807) is 50.1 Å². The number of carbonyl (C=O) groups is 1. The summed E-state index contributed by atoms with van der Waals surface area (Å²) in [7, 11) is 1.56. The molecule has 2 aromatic heterocycles. The van der Waals surface area contributed by atoms with Crippen LogP contribution < -0.4 is 19.6 Å². The van der Waals surface area contributed by atoms with Gasteiger partial charge in [0.1, 0.15) is 11.8 Å². The molecule has 0 bridgehead atoms. The van der Waals surface area contributed by atoms with E-state index >= 15 is 0 Å². The molecule has 7 nitrogen and oxygen atoms in total. The Morgan fingerprint density at radius 1 is 1.26 bits per heavy atom. The minimum atomic E-state index is -0.706. The van der Waals surface area contributed by atoms with Gasteiger partial charge in [0.2, 0.25) is 0 Å². The van der Waals surface area contributed by atoms with Crippen LogP contribution in [0.1, 0.15) is 31.0 Å². The van der Waals surface area contributed by atoms with Gasteiger partial charge in [-0.15, -0.1) is 0 Å². The Morgan fingerprint density at radius 3 is 2.77 bits per heavy atom. The van der Waals surface area contributed by atoms with Crippen LogP contribution in [0.4, 0.5) is 0 Å². The van der Waals surface area contributed by atoms with Gasteiger partial charge in [0.25, 0.3) is 5.56 Å². The van der Waals surface area contributed by atoms with Crippen molar-refractivity contribution < 1.29 is 14.3 Å². The van der Waals surface area contributed by atoms with Gasteiger partial charge < -0.3 is 9.47 Å². The maximum atomic E-state index is 13.5. The molecule has 1 aliphatic heterocycles. The summed E-state index contributed by atoms with van der Waals surface area (Å²) < 4.78 is 12.9. The van der Waals surface area contributed by atoms with Crippen molar-refractivity contribution >= 4 is 23.4 Å². The fourth-order valence-electron chi connectivity index (χ4n) is 3.59. The summed E-state index contributed by atoms with van der Waals surface area (Å²) in [6, 6.07) is 10.3. The van der Waals surface area contributed by atoms with Crippen molar-refractivity contribution in [1.29, 1.82) is 0 Å². The molecular formula is C23H21N3O4S. The molecule has 31 heavy (non-hydrogen) atoms. The number of carbonyl (C=O) groups excluding carboxylic acids is 1. The molecule has 1 aromatic carbocycles. The van der Waals surface area contributed by atoms with E-state index in [-0.39, 0.29) is 12.2 Å². The first kappa shape index (κ1) is 20.7. The molecule has 8 heteroatoms. The van der Waals surface area contributed by atoms with E-state index in [4.69, 9.17) is 9.47 Å². The molecule has 0 spiro atoms. The van der Waals surface area contributed by atoms with Gasteiger partial charge in [-0.05, 0) is 37.6 Å². The van der Waals surface area contributed by atoms with Crippen molar-refractivity contribution in [3.05, 3.63) is 90.9 Å². The lowest BCUT2D eigenvalue weighted by Crippen LogP contribution is -2.40. The number of benzene rings is 1. The number of esters is 1. The maximum Gasteiger partial charge on any atom is 0.338 e. The van der Waals surface area contributed by atoms with Crippen LogP contribution in [-0.4, -0.2) is 29.2 Å². The fraction of sp³-hybridized carbons (Fsp3) is 0.217. The third-order valence-corrected chi connectivity index (χ3v) is 5.92. The Kier molecular flexibility index (Phi) is 5.81. The molecule has 1 unspecified atom stereocenters. The first-order valence-electron chi connectivity index (χ1n) is 9.77. The zero-order valence-corrected chi connectivity index (χ0v) is 18.2. The third-order valence-electron chi connectivity index (χ3n) is 4.93. The van der Waals surface area contributed by atoms with E-state index in [0.717, 1.165) is 5.56 Å². The smallest absolute Gasteiger partial charge is 0.338 e. The molecule has 158 valence electrons. The average Bonchev–Trinajstić information content (AvgIpc) is 3.08. The number of aromatic nitrogens is 2. The standard InChI is InChI=1S/C23H21N3O4S/c1-4-30-22(28)19-14(2)25-23-26(20(19)16-9-5-6-10-17(16)29-3)21(27)18(31-23)12-15-8-7-11-24-13-15/h5-13,20H,4H2,1-3H3/b18-12-. The highest BCUT2D eigenvalue weighted by Crippen LogP contribution is 2.35. The average molecular weight is 436 g/mol. The zero-order chi connectivity index (χ0) is 22.0. The molecule has 0 fully saturated rings. The molecule has 4 rings (SSSR count). The van der Waals surface area contributed by atoms with Crippen LogP contribution in [0.2, 0.25) is 0 Å². The number of ether oxygens (including phenoxy) is 2. The maximum absolute atomic E-state index is 13.5. The van der Waals surface area contributed by atoms with E-state index in [0.29, 0.717) is 31.9 Å². The molecular weight excluding hydrogens is 414 g/mol. The van der Waals surface area contributed by atoms with Gasteiger partial charge in [0, 0.05) is 18.0 Å². The van der Waals surface area contributed by atoms with Crippen LogP contribution in [0, 0.1) is 0 Å². The minimum Gasteiger partial charge on any atom is -0.496 e. The lowest BCUT2D eigenvalue weighted by Gasteiger charge is -2.25. The molecule has 0 amide bonds. The second kappa shape index (κ2) is 8.69. The largest absolute Gasteiger partial charge is 0.496 e. The summed E-state index contributed by atoms with van der Waals surface area (Å²) in [6.07, 6.45) is 5.14. The summed E-state index contributed by atoms with van der Waals surface area (Å²) in [6.45, 7) is 3.72. The second-order valence-corrected chi connectivity index (χ2v) is 7.84. The van der Waals surface area contributed by atoms with Crippen molar-refractivity contribution in [2.75, 3.05) is 13.7 Å². The van der Waals surface area contributed by atoms with E-state index in [1.165, 1.54) is 11.3 Å². The van der Waals surface area contributed by atoms with E-state index < -0.39 is 12.0 Å². The predicted octanol–water partition coefficient (Wildman–Crippen LogP) is 2.20. The molecule has 0 saturated heterocycles. The first-order chi connectivity index (χ1) is 15.0. The molecule has 0 aliphatic carbocycles. The highest BCUT2D eigenvalue weighted by Gasteiger charge is 2.34. The Morgan fingerprint density at radius 2 is 2.06 bits per heavy atom. The number of nitrogens with zero attached hydrogens (tertiary/aromatic N) is 3. The van der Waals surface area contributed by atoms with Gasteiger partial charge in [-0.2, -0.15) is 0 Å². The van der Waals surface area contributed by atoms with Crippen LogP contribution in [0.15, 0.2) is 69.8 Å². The highest BCUT2D eigenvalue weighted by atomic mass is 32.1. The Bertz CT molecular complexity index is 1340. The summed E-state index contributed by atoms with van der Waals surface area (Å²) in [4.78, 5) is 35.6. The van der Waals surface area contributed by atoms with Crippen molar-refractivity contribution in [3.8, 4) is 5.75 Å². The minimum absolute atomic E-state index is 0.222. The van der Waals surface area contributed by atoms with Gasteiger partial charge >= 0.3 is 5.97 Å². The van der Waals surface area contributed by atoms with Crippen LogP contribution in [0.5, 0.6) is 5.75 Å². The number of hydrogen-bond donors (Lipinski definition) is 0. The second-order valence-electron chi connectivity index (χ2n) is 6.83. The Labute approximate surface area is 182 Å². The fourth-order valence-corrected chi connectivity index (χ4v) is 4.64. The summed E-state index contributed by atoms with van der Waals surface area (Å²) >= 11 is 1.27. The van der Waals surface area contributed by atoms with Gasteiger partial charge in [0.15, 0.2) is 4.80 Å². The number of pyridine rings is 1. The number of methoxy groups -OCH3 is 1. The number of fused-ring (bicyclic) bond motifs is 1. The van der Waals surface area contributed by atoms with Crippen molar-refractivity contribution in [2.45, 2.75) is 19.9 Å². The van der Waals surface area contributed by atoms with E-state index in [1.807, 2.05) is 30.3 Å². The van der Waals surface area contributed by atoms with Gasteiger partial charge in [-0.25, -0.2) is 9.79 Å². The molecule has 3 aromatic rings. The summed E-state index contributed by atoms with van der Waals surface area (Å²) in [5, 5.41) is 0.